The lowest BCUT2D eigenvalue weighted by atomic mass is 10.0. The maximum Gasteiger partial charge on any atom is 0.221 e. The first-order valence-electron chi connectivity index (χ1n) is 4.69. The van der Waals surface area contributed by atoms with Gasteiger partial charge < -0.3 is 5.32 Å². The second kappa shape index (κ2) is 4.86. The van der Waals surface area contributed by atoms with Crippen molar-refractivity contribution in [1.82, 2.24) is 0 Å². The third kappa shape index (κ3) is 2.86. The molecule has 0 fully saturated rings. The highest BCUT2D eigenvalue weighted by Gasteiger charge is 2.15. The third-order valence-corrected chi connectivity index (χ3v) is 2.66. The largest absolute Gasteiger partial charge is 0.325 e. The van der Waals surface area contributed by atoms with Gasteiger partial charge in [0.15, 0.2) is 0 Å². The van der Waals surface area contributed by atoms with E-state index < -0.39 is 0 Å². The molecule has 1 aromatic rings. The Hall–Kier alpha value is -0.730. The van der Waals surface area contributed by atoms with E-state index in [4.69, 9.17) is 23.2 Å². The highest BCUT2D eigenvalue weighted by Crippen LogP contribution is 2.36. The van der Waals surface area contributed by atoms with Gasteiger partial charge >= 0.3 is 0 Å². The Morgan fingerprint density at radius 2 is 1.80 bits per heavy atom. The van der Waals surface area contributed by atoms with Crippen molar-refractivity contribution in [2.45, 2.75) is 26.7 Å². The van der Waals surface area contributed by atoms with Gasteiger partial charge in [-0.05, 0) is 23.6 Å². The van der Waals surface area contributed by atoms with Crippen molar-refractivity contribution in [3.8, 4) is 0 Å². The fourth-order valence-electron chi connectivity index (χ4n) is 1.44. The van der Waals surface area contributed by atoms with Crippen LogP contribution in [0.2, 0.25) is 10.0 Å². The molecule has 0 atom stereocenters. The highest BCUT2D eigenvalue weighted by atomic mass is 35.5. The Balaban J connectivity index is 3.31. The normalized spacial score (nSPS) is 10.5. The van der Waals surface area contributed by atoms with Crippen LogP contribution in [0.1, 0.15) is 32.3 Å². The number of carbonyl (C=O) groups is 1. The second-order valence-corrected chi connectivity index (χ2v) is 4.47. The Kier molecular flexibility index (Phi) is 4.00. The van der Waals surface area contributed by atoms with E-state index in [1.165, 1.54) is 6.92 Å². The summed E-state index contributed by atoms with van der Waals surface area (Å²) in [6, 6.07) is 3.42. The third-order valence-electron chi connectivity index (χ3n) is 2.02. The van der Waals surface area contributed by atoms with Crippen molar-refractivity contribution in [3.63, 3.8) is 0 Å². The standard InChI is InChI=1S/C11H13Cl2NO/c1-6(2)10-8(12)4-5-9(13)11(10)14-7(3)15/h4-6H,1-3H3,(H,14,15). The summed E-state index contributed by atoms with van der Waals surface area (Å²) in [7, 11) is 0. The molecule has 2 nitrogen and oxygen atoms in total. The minimum atomic E-state index is -0.152. The van der Waals surface area contributed by atoms with E-state index in [2.05, 4.69) is 5.32 Å². The molecule has 1 amide bonds. The van der Waals surface area contributed by atoms with E-state index in [0.29, 0.717) is 15.7 Å². The zero-order chi connectivity index (χ0) is 11.6. The molecule has 4 heteroatoms. The highest BCUT2D eigenvalue weighted by molar-refractivity contribution is 6.36. The summed E-state index contributed by atoms with van der Waals surface area (Å²) in [4.78, 5) is 11.0. The molecule has 0 bridgehead atoms. The SMILES string of the molecule is CC(=O)Nc1c(Cl)ccc(Cl)c1C(C)C. The molecule has 0 saturated heterocycles. The van der Waals surface area contributed by atoms with E-state index in [0.717, 1.165) is 5.56 Å². The lowest BCUT2D eigenvalue weighted by Gasteiger charge is -2.16. The Morgan fingerprint density at radius 3 is 2.27 bits per heavy atom. The number of benzene rings is 1. The van der Waals surface area contributed by atoms with Crippen LogP contribution in [-0.2, 0) is 4.79 Å². The first kappa shape index (κ1) is 12.3. The molecule has 0 spiro atoms. The predicted octanol–water partition coefficient (Wildman–Crippen LogP) is 4.08. The first-order chi connectivity index (χ1) is 6.93. The fraction of sp³-hybridized carbons (Fsp3) is 0.364. The lowest BCUT2D eigenvalue weighted by molar-refractivity contribution is -0.114. The number of carbonyl (C=O) groups excluding carboxylic acids is 1. The van der Waals surface area contributed by atoms with Gasteiger partial charge in [0.2, 0.25) is 5.91 Å². The van der Waals surface area contributed by atoms with Crippen molar-refractivity contribution >= 4 is 34.8 Å². The van der Waals surface area contributed by atoms with E-state index in [9.17, 15) is 4.79 Å². The van der Waals surface area contributed by atoms with Crippen molar-refractivity contribution < 1.29 is 4.79 Å². The smallest absolute Gasteiger partial charge is 0.221 e. The van der Waals surface area contributed by atoms with Gasteiger partial charge in [-0.25, -0.2) is 0 Å². The minimum Gasteiger partial charge on any atom is -0.325 e. The molecule has 0 radical (unpaired) electrons. The van der Waals surface area contributed by atoms with Gasteiger partial charge in [-0.2, -0.15) is 0 Å². The average Bonchev–Trinajstić information content (AvgIpc) is 2.10. The van der Waals surface area contributed by atoms with E-state index in [1.807, 2.05) is 13.8 Å². The Morgan fingerprint density at radius 1 is 1.27 bits per heavy atom. The fourth-order valence-corrected chi connectivity index (χ4v) is 2.02. The maximum atomic E-state index is 11.0. The first-order valence-corrected chi connectivity index (χ1v) is 5.44. The summed E-state index contributed by atoms with van der Waals surface area (Å²) < 4.78 is 0. The number of amides is 1. The Bertz CT molecular complexity index is 388. The molecule has 1 aromatic carbocycles. The van der Waals surface area contributed by atoms with Crippen LogP contribution >= 0.6 is 23.2 Å². The molecule has 0 heterocycles. The monoisotopic (exact) mass is 245 g/mol. The molecule has 0 aromatic heterocycles. The molecule has 0 aliphatic carbocycles. The molecule has 0 saturated carbocycles. The molecular weight excluding hydrogens is 233 g/mol. The molecule has 0 unspecified atom stereocenters. The number of anilines is 1. The molecule has 1 rings (SSSR count). The van der Waals surface area contributed by atoms with Gasteiger partial charge in [0.05, 0.1) is 10.7 Å². The van der Waals surface area contributed by atoms with Gasteiger partial charge in [-0.15, -0.1) is 0 Å². The van der Waals surface area contributed by atoms with Crippen LogP contribution in [0.25, 0.3) is 0 Å². The number of hydrogen-bond donors (Lipinski definition) is 1. The number of hydrogen-bond acceptors (Lipinski definition) is 1. The molecule has 0 aliphatic rings. The van der Waals surface area contributed by atoms with Gasteiger partial charge in [0.1, 0.15) is 0 Å². The van der Waals surface area contributed by atoms with Gasteiger partial charge in [-0.1, -0.05) is 37.0 Å². The van der Waals surface area contributed by atoms with Crippen molar-refractivity contribution in [3.05, 3.63) is 27.7 Å². The average molecular weight is 246 g/mol. The topological polar surface area (TPSA) is 29.1 Å². The van der Waals surface area contributed by atoms with E-state index in [1.54, 1.807) is 12.1 Å². The van der Waals surface area contributed by atoms with Crippen LogP contribution in [-0.4, -0.2) is 5.91 Å². The number of nitrogens with one attached hydrogen (secondary N) is 1. The van der Waals surface area contributed by atoms with Crippen LogP contribution < -0.4 is 5.32 Å². The lowest BCUT2D eigenvalue weighted by Crippen LogP contribution is -2.09. The summed E-state index contributed by atoms with van der Waals surface area (Å²) in [5, 5.41) is 3.84. The van der Waals surface area contributed by atoms with Gasteiger partial charge in [-0.3, -0.25) is 4.79 Å². The zero-order valence-electron chi connectivity index (χ0n) is 8.90. The summed E-state index contributed by atoms with van der Waals surface area (Å²) >= 11 is 12.1. The summed E-state index contributed by atoms with van der Waals surface area (Å²) in [5.74, 6) is 0.0547. The molecular formula is C11H13Cl2NO. The van der Waals surface area contributed by atoms with Crippen LogP contribution in [0.5, 0.6) is 0 Å². The minimum absolute atomic E-state index is 0.152. The number of rotatable bonds is 2. The van der Waals surface area contributed by atoms with Gasteiger partial charge in [0, 0.05) is 11.9 Å². The molecule has 15 heavy (non-hydrogen) atoms. The summed E-state index contributed by atoms with van der Waals surface area (Å²) in [6.07, 6.45) is 0. The molecule has 0 aliphatic heterocycles. The van der Waals surface area contributed by atoms with Crippen molar-refractivity contribution in [2.75, 3.05) is 5.32 Å². The van der Waals surface area contributed by atoms with Crippen molar-refractivity contribution in [2.24, 2.45) is 0 Å². The van der Waals surface area contributed by atoms with Crippen LogP contribution in [0.3, 0.4) is 0 Å². The Labute approximate surface area is 99.6 Å². The predicted molar refractivity (Wildman–Crippen MR) is 64.9 cm³/mol. The second-order valence-electron chi connectivity index (χ2n) is 3.65. The van der Waals surface area contributed by atoms with Crippen LogP contribution in [0.4, 0.5) is 5.69 Å². The summed E-state index contributed by atoms with van der Waals surface area (Å²) in [5.41, 5.74) is 1.49. The quantitative estimate of drug-likeness (QED) is 0.837. The molecule has 1 N–H and O–H groups in total. The van der Waals surface area contributed by atoms with Crippen molar-refractivity contribution in [1.29, 1.82) is 0 Å². The maximum absolute atomic E-state index is 11.0. The zero-order valence-corrected chi connectivity index (χ0v) is 10.4. The van der Waals surface area contributed by atoms with Crippen LogP contribution in [0, 0.1) is 0 Å². The number of halogens is 2. The van der Waals surface area contributed by atoms with E-state index in [-0.39, 0.29) is 11.8 Å². The van der Waals surface area contributed by atoms with Gasteiger partial charge in [0.25, 0.3) is 0 Å². The molecule has 82 valence electrons. The summed E-state index contributed by atoms with van der Waals surface area (Å²) in [6.45, 7) is 5.45. The van der Waals surface area contributed by atoms with E-state index >= 15 is 0 Å². The van der Waals surface area contributed by atoms with Crippen LogP contribution in [0.15, 0.2) is 12.1 Å².